The van der Waals surface area contributed by atoms with Gasteiger partial charge < -0.3 is 15.4 Å². The number of anilines is 3. The highest BCUT2D eigenvalue weighted by atomic mass is 32.2. The highest BCUT2D eigenvalue weighted by Crippen LogP contribution is 2.40. The number of fused-ring (bicyclic) bond motifs is 1. The number of amides is 2. The minimum Gasteiger partial charge on any atom is -0.492 e. The summed E-state index contributed by atoms with van der Waals surface area (Å²) in [6, 6.07) is 13.9. The van der Waals surface area contributed by atoms with Crippen LogP contribution in [0.2, 0.25) is 0 Å². The molecule has 0 bridgehead atoms. The first-order valence-electron chi connectivity index (χ1n) is 11.6. The van der Waals surface area contributed by atoms with Crippen molar-refractivity contribution in [1.82, 2.24) is 4.98 Å². The molecular formula is C27H28N4O5S2. The molecule has 0 aliphatic carbocycles. The zero-order valence-corrected chi connectivity index (χ0v) is 23.2. The quantitative estimate of drug-likeness (QED) is 0.279. The summed E-state index contributed by atoms with van der Waals surface area (Å²) in [6.07, 6.45) is 4.14. The topological polar surface area (TPSA) is 126 Å². The van der Waals surface area contributed by atoms with Gasteiger partial charge in [0.25, 0.3) is 11.8 Å². The molecule has 2 aromatic heterocycles. The van der Waals surface area contributed by atoms with Gasteiger partial charge in [-0.15, -0.1) is 11.3 Å². The predicted octanol–water partition coefficient (Wildman–Crippen LogP) is 5.48. The van der Waals surface area contributed by atoms with Gasteiger partial charge in [0.05, 0.1) is 40.0 Å². The van der Waals surface area contributed by atoms with Crippen LogP contribution < -0.4 is 20.1 Å². The second-order valence-corrected chi connectivity index (χ2v) is 12.5. The lowest BCUT2D eigenvalue weighted by Gasteiger charge is -2.23. The van der Waals surface area contributed by atoms with Crippen molar-refractivity contribution in [2.45, 2.75) is 26.2 Å². The van der Waals surface area contributed by atoms with E-state index in [-0.39, 0.29) is 22.8 Å². The zero-order valence-electron chi connectivity index (χ0n) is 21.6. The van der Waals surface area contributed by atoms with E-state index < -0.39 is 15.9 Å². The monoisotopic (exact) mass is 552 g/mol. The number of methoxy groups -OCH3 is 1. The molecule has 0 radical (unpaired) electrons. The van der Waals surface area contributed by atoms with Crippen molar-refractivity contribution in [2.24, 2.45) is 0 Å². The summed E-state index contributed by atoms with van der Waals surface area (Å²) < 4.78 is 32.7. The van der Waals surface area contributed by atoms with Crippen LogP contribution in [-0.2, 0) is 15.4 Å². The fourth-order valence-electron chi connectivity index (χ4n) is 3.81. The van der Waals surface area contributed by atoms with Gasteiger partial charge in [-0.25, -0.2) is 8.42 Å². The normalized spacial score (nSPS) is 11.7. The number of nitrogens with one attached hydrogen (secondary N) is 3. The summed E-state index contributed by atoms with van der Waals surface area (Å²) in [4.78, 5) is 30.4. The highest BCUT2D eigenvalue weighted by Gasteiger charge is 2.23. The number of carbonyl (C=O) groups excluding carboxylic acids is 2. The minimum atomic E-state index is -3.60. The van der Waals surface area contributed by atoms with Gasteiger partial charge in [0.15, 0.2) is 5.75 Å². The van der Waals surface area contributed by atoms with Crippen LogP contribution in [0.15, 0.2) is 60.9 Å². The van der Waals surface area contributed by atoms with Gasteiger partial charge in [-0.05, 0) is 52.8 Å². The van der Waals surface area contributed by atoms with E-state index >= 15 is 0 Å². The maximum Gasteiger partial charge on any atom is 0.265 e. The lowest BCUT2D eigenvalue weighted by molar-refractivity contribution is 0.102. The fraction of sp³-hybridized carbons (Fsp3) is 0.222. The Hall–Kier alpha value is -3.96. The molecule has 38 heavy (non-hydrogen) atoms. The van der Waals surface area contributed by atoms with Gasteiger partial charge in [-0.1, -0.05) is 32.9 Å². The van der Waals surface area contributed by atoms with Crippen molar-refractivity contribution in [3.8, 4) is 5.75 Å². The highest BCUT2D eigenvalue weighted by molar-refractivity contribution is 7.92. The summed E-state index contributed by atoms with van der Waals surface area (Å²) in [7, 11) is -2.19. The Labute approximate surface area is 225 Å². The Bertz CT molecular complexity index is 1620. The van der Waals surface area contributed by atoms with Crippen LogP contribution in [0.3, 0.4) is 0 Å². The Balaban J connectivity index is 1.68. The number of thiophene rings is 1. The molecule has 2 amide bonds. The molecular weight excluding hydrogens is 524 g/mol. The van der Waals surface area contributed by atoms with Crippen LogP contribution in [0, 0.1) is 0 Å². The van der Waals surface area contributed by atoms with Gasteiger partial charge in [0, 0.05) is 18.0 Å². The number of aromatic nitrogens is 1. The largest absolute Gasteiger partial charge is 0.492 e. The van der Waals surface area contributed by atoms with Gasteiger partial charge >= 0.3 is 0 Å². The number of hydrogen-bond acceptors (Lipinski definition) is 7. The average molecular weight is 553 g/mol. The van der Waals surface area contributed by atoms with Crippen molar-refractivity contribution in [3.05, 3.63) is 76.9 Å². The molecule has 0 saturated carbocycles. The second-order valence-electron chi connectivity index (χ2n) is 9.71. The summed E-state index contributed by atoms with van der Waals surface area (Å²) in [5, 5.41) is 6.58. The number of ether oxygens (including phenoxy) is 1. The van der Waals surface area contributed by atoms with Gasteiger partial charge in [-0.3, -0.25) is 19.3 Å². The number of benzene rings is 2. The molecule has 198 valence electrons. The van der Waals surface area contributed by atoms with E-state index in [1.807, 2.05) is 26.8 Å². The van der Waals surface area contributed by atoms with E-state index in [1.54, 1.807) is 54.9 Å². The van der Waals surface area contributed by atoms with Crippen molar-refractivity contribution in [3.63, 3.8) is 0 Å². The molecule has 9 nitrogen and oxygen atoms in total. The fourth-order valence-corrected chi connectivity index (χ4v) is 5.38. The molecule has 4 aromatic rings. The lowest BCUT2D eigenvalue weighted by atomic mass is 9.86. The molecule has 0 spiro atoms. The molecule has 4 rings (SSSR count). The van der Waals surface area contributed by atoms with Crippen molar-refractivity contribution in [2.75, 3.05) is 28.7 Å². The summed E-state index contributed by atoms with van der Waals surface area (Å²) in [5.74, 6) is -0.482. The number of hydrogen-bond donors (Lipinski definition) is 3. The van der Waals surface area contributed by atoms with Gasteiger partial charge in [-0.2, -0.15) is 0 Å². The van der Waals surface area contributed by atoms with Crippen LogP contribution in [-0.4, -0.2) is 38.6 Å². The van der Waals surface area contributed by atoms with Crippen LogP contribution in [0.5, 0.6) is 5.75 Å². The van der Waals surface area contributed by atoms with Crippen LogP contribution in [0.25, 0.3) is 10.1 Å². The Morgan fingerprint density at radius 3 is 2.21 bits per heavy atom. The number of pyridine rings is 1. The van der Waals surface area contributed by atoms with Crippen LogP contribution in [0.1, 0.15) is 46.4 Å². The van der Waals surface area contributed by atoms with E-state index in [1.165, 1.54) is 18.4 Å². The maximum atomic E-state index is 13.4. The molecule has 0 saturated heterocycles. The summed E-state index contributed by atoms with van der Waals surface area (Å²) in [6.45, 7) is 5.95. The molecule has 0 unspecified atom stereocenters. The zero-order chi connectivity index (χ0) is 27.7. The molecule has 0 aliphatic rings. The van der Waals surface area contributed by atoms with E-state index in [0.29, 0.717) is 21.8 Å². The van der Waals surface area contributed by atoms with E-state index in [0.717, 1.165) is 21.9 Å². The third-order valence-corrected chi connectivity index (χ3v) is 7.43. The standard InChI is InChI=1S/C27H28N4O5S2/c1-27(2,3)18-14-20(23(36-4)21(15-18)31-38(5,34)35)30-26(33)22-13-17-7-6-8-19(24(17)37-22)29-25(32)16-9-11-28-12-10-16/h6-15,31H,1-5H3,(H,29,32)(H,30,33). The first-order valence-corrected chi connectivity index (χ1v) is 14.3. The van der Waals surface area contributed by atoms with Crippen LogP contribution in [0.4, 0.5) is 17.1 Å². The molecule has 0 fully saturated rings. The van der Waals surface area contributed by atoms with E-state index in [2.05, 4.69) is 20.3 Å². The molecule has 2 heterocycles. The molecule has 0 aliphatic heterocycles. The van der Waals surface area contributed by atoms with Crippen molar-refractivity contribution in [1.29, 1.82) is 0 Å². The third kappa shape index (κ3) is 6.12. The lowest BCUT2D eigenvalue weighted by Crippen LogP contribution is -2.18. The summed E-state index contributed by atoms with van der Waals surface area (Å²) >= 11 is 1.23. The van der Waals surface area contributed by atoms with Crippen molar-refractivity contribution < 1.29 is 22.7 Å². The van der Waals surface area contributed by atoms with E-state index in [9.17, 15) is 18.0 Å². The molecule has 3 N–H and O–H groups in total. The number of sulfonamides is 1. The average Bonchev–Trinajstić information content (AvgIpc) is 3.28. The second kappa shape index (κ2) is 10.4. The molecule has 0 atom stereocenters. The summed E-state index contributed by atoms with van der Waals surface area (Å²) in [5.41, 5.74) is 2.09. The Morgan fingerprint density at radius 1 is 0.921 bits per heavy atom. The molecule has 2 aromatic carbocycles. The first kappa shape index (κ1) is 27.1. The van der Waals surface area contributed by atoms with Crippen molar-refractivity contribution >= 4 is 60.3 Å². The molecule has 11 heteroatoms. The predicted molar refractivity (Wildman–Crippen MR) is 152 cm³/mol. The Kier molecular flexibility index (Phi) is 7.43. The van der Waals surface area contributed by atoms with Gasteiger partial charge in [0.1, 0.15) is 0 Å². The van der Waals surface area contributed by atoms with E-state index in [4.69, 9.17) is 4.74 Å². The number of nitrogens with zero attached hydrogens (tertiary/aromatic N) is 1. The first-order chi connectivity index (χ1) is 17.9. The maximum absolute atomic E-state index is 13.4. The number of carbonyl (C=O) groups is 2. The smallest absolute Gasteiger partial charge is 0.265 e. The van der Waals surface area contributed by atoms with Gasteiger partial charge in [0.2, 0.25) is 10.0 Å². The minimum absolute atomic E-state index is 0.197. The SMILES string of the molecule is COc1c(NC(=O)c2cc3cccc(NC(=O)c4ccncc4)c3s2)cc(C(C)(C)C)cc1NS(C)(=O)=O. The third-order valence-electron chi connectivity index (χ3n) is 5.66. The van der Waals surface area contributed by atoms with Crippen LogP contribution >= 0.6 is 11.3 Å². The number of rotatable bonds is 7. The Morgan fingerprint density at radius 2 is 1.58 bits per heavy atom.